The van der Waals surface area contributed by atoms with Gasteiger partial charge in [0.2, 0.25) is 0 Å². The fourth-order valence-corrected chi connectivity index (χ4v) is 2.81. The molecule has 1 unspecified atom stereocenters. The van der Waals surface area contributed by atoms with Crippen molar-refractivity contribution in [2.24, 2.45) is 0 Å². The molecule has 0 heterocycles. The Labute approximate surface area is 151 Å². The van der Waals surface area contributed by atoms with E-state index in [1.165, 1.54) is 50.6 Å². The summed E-state index contributed by atoms with van der Waals surface area (Å²) in [4.78, 5) is 11.7. The van der Waals surface area contributed by atoms with Crippen LogP contribution in [0.15, 0.2) is 36.4 Å². The molecule has 2 aromatic rings. The Morgan fingerprint density at radius 1 is 0.962 bits per heavy atom. The highest BCUT2D eigenvalue weighted by Gasteiger charge is 2.30. The molecule has 2 rings (SSSR count). The lowest BCUT2D eigenvalue weighted by Crippen LogP contribution is -2.25. The van der Waals surface area contributed by atoms with Crippen LogP contribution in [0, 0.1) is 11.6 Å². The number of ether oxygens (including phenoxy) is 3. The maximum absolute atomic E-state index is 14.6. The molecule has 26 heavy (non-hydrogen) atoms. The van der Waals surface area contributed by atoms with E-state index in [0.717, 1.165) is 0 Å². The predicted molar refractivity (Wildman–Crippen MR) is 93.6 cm³/mol. The van der Waals surface area contributed by atoms with Gasteiger partial charge in [0.15, 0.2) is 0 Å². The van der Waals surface area contributed by atoms with Crippen molar-refractivity contribution in [3.05, 3.63) is 59.2 Å². The molecule has 0 saturated heterocycles. The summed E-state index contributed by atoms with van der Waals surface area (Å²) in [6.07, 6.45) is -0.635. The van der Waals surface area contributed by atoms with Gasteiger partial charge in [-0.15, -0.1) is 0 Å². The highest BCUT2D eigenvalue weighted by molar-refractivity contribution is 5.69. The van der Waals surface area contributed by atoms with Crippen LogP contribution < -0.4 is 9.47 Å². The average molecular weight is 364 g/mol. The maximum Gasteiger partial charge on any atom is 0.305 e. The second-order valence-electron chi connectivity index (χ2n) is 5.80. The lowest BCUT2D eigenvalue weighted by atomic mass is 9.86. The molecule has 1 atom stereocenters. The lowest BCUT2D eigenvalue weighted by molar-refractivity contribution is -0.148. The summed E-state index contributed by atoms with van der Waals surface area (Å²) >= 11 is 0. The molecule has 4 nitrogen and oxygen atoms in total. The van der Waals surface area contributed by atoms with E-state index in [-0.39, 0.29) is 17.5 Å². The first kappa shape index (κ1) is 19.7. The Morgan fingerprint density at radius 2 is 1.42 bits per heavy atom. The third-order valence-corrected chi connectivity index (χ3v) is 4.15. The molecule has 0 radical (unpaired) electrons. The molecular formula is C20H22F2O4. The minimum atomic E-state index is -0.865. The highest BCUT2D eigenvalue weighted by atomic mass is 19.1. The van der Waals surface area contributed by atoms with E-state index in [1.807, 2.05) is 0 Å². The Kier molecular flexibility index (Phi) is 6.55. The summed E-state index contributed by atoms with van der Waals surface area (Å²) in [5, 5.41) is 0. The number of hydrogen-bond acceptors (Lipinski definition) is 4. The van der Waals surface area contributed by atoms with E-state index in [1.54, 1.807) is 13.8 Å². The van der Waals surface area contributed by atoms with Crippen LogP contribution in [0.5, 0.6) is 11.5 Å². The van der Waals surface area contributed by atoms with Gasteiger partial charge in [-0.3, -0.25) is 4.79 Å². The van der Waals surface area contributed by atoms with Crippen LogP contribution in [0.1, 0.15) is 37.3 Å². The summed E-state index contributed by atoms with van der Waals surface area (Å²) in [6, 6.07) is 8.40. The van der Waals surface area contributed by atoms with Gasteiger partial charge in [-0.05, 0) is 43.3 Å². The normalized spacial score (nSPS) is 12.0. The zero-order chi connectivity index (χ0) is 19.3. The van der Waals surface area contributed by atoms with E-state index in [0.29, 0.717) is 11.5 Å². The molecule has 0 fully saturated rings. The summed E-state index contributed by atoms with van der Waals surface area (Å²) in [5.41, 5.74) is 0.348. The predicted octanol–water partition coefficient (Wildman–Crippen LogP) is 4.46. The topological polar surface area (TPSA) is 44.8 Å². The first-order valence-electron chi connectivity index (χ1n) is 8.27. The van der Waals surface area contributed by atoms with Crippen LogP contribution in [0.25, 0.3) is 0 Å². The standard InChI is InChI=1S/C20H22F2O4/c1-5-19(23)26-12(2)20(15-10-13(24-3)6-8-17(15)21)16-11-14(25-4)7-9-18(16)22/h6-12,20H,5H2,1-4H3. The summed E-state index contributed by atoms with van der Waals surface area (Å²) < 4.78 is 44.9. The van der Waals surface area contributed by atoms with E-state index in [9.17, 15) is 13.6 Å². The number of esters is 1. The Morgan fingerprint density at radius 3 is 1.81 bits per heavy atom. The van der Waals surface area contributed by atoms with Crippen molar-refractivity contribution < 1.29 is 27.8 Å². The molecular weight excluding hydrogens is 342 g/mol. The summed E-state index contributed by atoms with van der Waals surface area (Å²) in [7, 11) is 2.91. The fourth-order valence-electron chi connectivity index (χ4n) is 2.81. The zero-order valence-corrected chi connectivity index (χ0v) is 15.2. The van der Waals surface area contributed by atoms with Crippen molar-refractivity contribution >= 4 is 5.97 Å². The SMILES string of the molecule is CCC(=O)OC(C)C(c1cc(OC)ccc1F)c1cc(OC)ccc1F. The minimum Gasteiger partial charge on any atom is -0.497 e. The molecule has 0 aliphatic heterocycles. The Balaban J connectivity index is 2.61. The van der Waals surface area contributed by atoms with E-state index in [4.69, 9.17) is 14.2 Å². The van der Waals surface area contributed by atoms with Gasteiger partial charge in [0, 0.05) is 17.5 Å². The second-order valence-corrected chi connectivity index (χ2v) is 5.80. The fraction of sp³-hybridized carbons (Fsp3) is 0.350. The molecule has 0 aliphatic rings. The quantitative estimate of drug-likeness (QED) is 0.681. The van der Waals surface area contributed by atoms with Crippen molar-refractivity contribution in [1.29, 1.82) is 0 Å². The third kappa shape index (κ3) is 4.31. The smallest absolute Gasteiger partial charge is 0.305 e. The Bertz CT molecular complexity index is 723. The zero-order valence-electron chi connectivity index (χ0n) is 15.2. The molecule has 0 bridgehead atoms. The van der Waals surface area contributed by atoms with Gasteiger partial charge in [-0.2, -0.15) is 0 Å². The Hall–Kier alpha value is -2.63. The van der Waals surface area contributed by atoms with Crippen LogP contribution in [0.2, 0.25) is 0 Å². The van der Waals surface area contributed by atoms with Gasteiger partial charge >= 0.3 is 5.97 Å². The molecule has 0 aromatic heterocycles. The second kappa shape index (κ2) is 8.65. The third-order valence-electron chi connectivity index (χ3n) is 4.15. The molecule has 0 N–H and O–H groups in total. The highest BCUT2D eigenvalue weighted by Crippen LogP contribution is 2.36. The number of methoxy groups -OCH3 is 2. The van der Waals surface area contributed by atoms with Crippen molar-refractivity contribution in [3.63, 3.8) is 0 Å². The van der Waals surface area contributed by atoms with Crippen LogP contribution in [-0.2, 0) is 9.53 Å². The van der Waals surface area contributed by atoms with Gasteiger partial charge in [0.1, 0.15) is 29.2 Å². The van der Waals surface area contributed by atoms with Gasteiger partial charge in [0.25, 0.3) is 0 Å². The van der Waals surface area contributed by atoms with Crippen LogP contribution in [0.4, 0.5) is 8.78 Å². The molecule has 6 heteroatoms. The molecule has 2 aromatic carbocycles. The van der Waals surface area contributed by atoms with Crippen LogP contribution in [0.3, 0.4) is 0 Å². The largest absolute Gasteiger partial charge is 0.497 e. The van der Waals surface area contributed by atoms with E-state index in [2.05, 4.69) is 0 Å². The molecule has 0 saturated carbocycles. The maximum atomic E-state index is 14.6. The van der Waals surface area contributed by atoms with Crippen LogP contribution >= 0.6 is 0 Å². The van der Waals surface area contributed by atoms with E-state index >= 15 is 0 Å². The van der Waals surface area contributed by atoms with E-state index < -0.39 is 29.6 Å². The number of hydrogen-bond donors (Lipinski definition) is 0. The van der Waals surface area contributed by atoms with Gasteiger partial charge in [-0.1, -0.05) is 6.92 Å². The van der Waals surface area contributed by atoms with Crippen LogP contribution in [-0.4, -0.2) is 26.3 Å². The van der Waals surface area contributed by atoms with Gasteiger partial charge < -0.3 is 14.2 Å². The first-order valence-corrected chi connectivity index (χ1v) is 8.27. The van der Waals surface area contributed by atoms with Crippen molar-refractivity contribution in [1.82, 2.24) is 0 Å². The summed E-state index contributed by atoms with van der Waals surface area (Å²) in [6.45, 7) is 3.26. The van der Waals surface area contributed by atoms with Gasteiger partial charge in [-0.25, -0.2) is 8.78 Å². The minimum absolute atomic E-state index is 0.165. The number of rotatable bonds is 7. The van der Waals surface area contributed by atoms with Gasteiger partial charge in [0.05, 0.1) is 20.1 Å². The number of carbonyl (C=O) groups excluding carboxylic acids is 1. The van der Waals surface area contributed by atoms with Crippen molar-refractivity contribution in [2.45, 2.75) is 32.3 Å². The number of halogens is 2. The summed E-state index contributed by atoms with van der Waals surface area (Å²) in [5.74, 6) is -1.56. The monoisotopic (exact) mass is 364 g/mol. The lowest BCUT2D eigenvalue weighted by Gasteiger charge is -2.26. The van der Waals surface area contributed by atoms with Crippen molar-refractivity contribution in [3.8, 4) is 11.5 Å². The molecule has 0 aliphatic carbocycles. The number of carbonyl (C=O) groups is 1. The first-order chi connectivity index (χ1) is 12.4. The van der Waals surface area contributed by atoms with Crippen molar-refractivity contribution in [2.75, 3.05) is 14.2 Å². The average Bonchev–Trinajstić information content (AvgIpc) is 2.64. The molecule has 140 valence electrons. The number of benzene rings is 2. The molecule has 0 spiro atoms. The molecule has 0 amide bonds.